The average molecular weight is 590 g/mol. The first-order valence-corrected chi connectivity index (χ1v) is 16.0. The molecule has 3 aromatic rings. The van der Waals surface area contributed by atoms with Crippen LogP contribution < -0.4 is 5.32 Å². The quantitative estimate of drug-likeness (QED) is 0.379. The fraction of sp³-hybridized carbons (Fsp3) is 0.321. The molecule has 0 bridgehead atoms. The summed E-state index contributed by atoms with van der Waals surface area (Å²) in [7, 11) is -7.54. The number of carbonyl (C=O) groups is 1. The highest BCUT2D eigenvalue weighted by molar-refractivity contribution is 7.89. The number of piperidine rings is 1. The highest BCUT2D eigenvalue weighted by atomic mass is 35.5. The second kappa shape index (κ2) is 12.6. The number of benzene rings is 3. The van der Waals surface area contributed by atoms with Crippen molar-refractivity contribution in [2.24, 2.45) is 0 Å². The van der Waals surface area contributed by atoms with Gasteiger partial charge in [-0.1, -0.05) is 54.4 Å². The Labute approximate surface area is 235 Å². The van der Waals surface area contributed by atoms with E-state index in [0.717, 1.165) is 34.7 Å². The van der Waals surface area contributed by atoms with Crippen molar-refractivity contribution in [1.29, 1.82) is 0 Å². The van der Waals surface area contributed by atoms with Crippen LogP contribution in [-0.2, 0) is 37.9 Å². The lowest BCUT2D eigenvalue weighted by molar-refractivity contribution is -0.121. The molecule has 0 saturated carbocycles. The molecule has 0 atom stereocenters. The molecule has 0 radical (unpaired) electrons. The minimum atomic E-state index is -4.00. The molecule has 4 rings (SSSR count). The van der Waals surface area contributed by atoms with Gasteiger partial charge >= 0.3 is 0 Å². The monoisotopic (exact) mass is 589 g/mol. The van der Waals surface area contributed by atoms with Crippen molar-refractivity contribution in [3.05, 3.63) is 94.5 Å². The number of hydrogen-bond donors (Lipinski definition) is 1. The van der Waals surface area contributed by atoms with E-state index in [1.165, 1.54) is 28.6 Å². The zero-order valence-corrected chi connectivity index (χ0v) is 24.1. The molecule has 1 aliphatic rings. The minimum Gasteiger partial charge on any atom is -0.351 e. The van der Waals surface area contributed by atoms with Crippen LogP contribution in [0.1, 0.15) is 36.0 Å². The van der Waals surface area contributed by atoms with Crippen LogP contribution in [-0.4, -0.2) is 51.0 Å². The molecule has 1 heterocycles. The highest BCUT2D eigenvalue weighted by Crippen LogP contribution is 2.23. The number of amides is 1. The summed E-state index contributed by atoms with van der Waals surface area (Å²) in [6, 6.07) is 19.6. The van der Waals surface area contributed by atoms with Crippen LogP contribution in [0, 0.1) is 6.92 Å². The van der Waals surface area contributed by atoms with Crippen LogP contribution >= 0.6 is 11.6 Å². The molecule has 0 unspecified atom stereocenters. The van der Waals surface area contributed by atoms with E-state index in [1.54, 1.807) is 24.3 Å². The normalized spacial score (nSPS) is 14.8. The fourth-order valence-electron chi connectivity index (χ4n) is 4.41. The van der Waals surface area contributed by atoms with Crippen LogP contribution in [0.4, 0.5) is 0 Å². The molecule has 1 N–H and O–H groups in total. The Morgan fingerprint density at radius 1 is 0.872 bits per heavy atom. The van der Waals surface area contributed by atoms with Crippen LogP contribution in [0.2, 0.25) is 5.02 Å². The first-order valence-electron chi connectivity index (χ1n) is 12.7. The second-order valence-electron chi connectivity index (χ2n) is 9.54. The van der Waals surface area contributed by atoms with Gasteiger partial charge in [0.05, 0.1) is 16.3 Å². The summed E-state index contributed by atoms with van der Waals surface area (Å²) in [5.74, 6) is -0.480. The Hall–Kier alpha value is -2.76. The van der Waals surface area contributed by atoms with Gasteiger partial charge in [0.25, 0.3) is 0 Å². The number of halogens is 1. The van der Waals surface area contributed by atoms with Gasteiger partial charge in [0.15, 0.2) is 0 Å². The number of rotatable bonds is 10. The Morgan fingerprint density at radius 3 is 2.13 bits per heavy atom. The predicted molar refractivity (Wildman–Crippen MR) is 151 cm³/mol. The highest BCUT2D eigenvalue weighted by Gasteiger charge is 2.28. The molecule has 0 aromatic heterocycles. The number of nitrogens with zero attached hydrogens (tertiary/aromatic N) is 2. The SMILES string of the molecule is Cc1ccccc1CN(CC(=O)NCc1ccc(S(=O)(=O)N2CCCCC2)cc1)S(=O)(=O)c1ccc(Cl)cc1. The predicted octanol–water partition coefficient (Wildman–Crippen LogP) is 4.33. The molecule has 1 aliphatic heterocycles. The van der Waals surface area contributed by atoms with Crippen LogP contribution in [0.5, 0.6) is 0 Å². The van der Waals surface area contributed by atoms with Crippen molar-refractivity contribution in [3.8, 4) is 0 Å². The van der Waals surface area contributed by atoms with Gasteiger partial charge < -0.3 is 5.32 Å². The van der Waals surface area contributed by atoms with Gasteiger partial charge in [-0.25, -0.2) is 16.8 Å². The van der Waals surface area contributed by atoms with Crippen LogP contribution in [0.25, 0.3) is 0 Å². The molecule has 1 saturated heterocycles. The lowest BCUT2D eigenvalue weighted by atomic mass is 10.1. The standard InChI is InChI=1S/C28H32ClN3O5S2/c1-22-7-3-4-8-24(22)20-32(39(36,37)27-15-11-25(29)12-16-27)21-28(33)30-19-23-9-13-26(14-10-23)38(34,35)31-17-5-2-6-18-31/h3-4,7-16H,2,5-6,17-21H2,1H3,(H,30,33). The maximum absolute atomic E-state index is 13.5. The largest absolute Gasteiger partial charge is 0.351 e. The molecule has 0 spiro atoms. The zero-order valence-electron chi connectivity index (χ0n) is 21.7. The van der Waals surface area contributed by atoms with Crippen molar-refractivity contribution >= 4 is 37.6 Å². The number of sulfonamides is 2. The molecule has 208 valence electrons. The Balaban J connectivity index is 1.45. The van der Waals surface area contributed by atoms with E-state index in [4.69, 9.17) is 11.6 Å². The van der Waals surface area contributed by atoms with Gasteiger partial charge in [-0.15, -0.1) is 0 Å². The van der Waals surface area contributed by atoms with E-state index in [-0.39, 0.29) is 29.4 Å². The van der Waals surface area contributed by atoms with Crippen molar-refractivity contribution in [2.45, 2.75) is 49.1 Å². The van der Waals surface area contributed by atoms with Crippen molar-refractivity contribution < 1.29 is 21.6 Å². The van der Waals surface area contributed by atoms with Crippen molar-refractivity contribution in [3.63, 3.8) is 0 Å². The molecule has 39 heavy (non-hydrogen) atoms. The molecule has 0 aliphatic carbocycles. The number of aryl methyl sites for hydroxylation is 1. The average Bonchev–Trinajstić information content (AvgIpc) is 2.93. The first kappa shape index (κ1) is 29.2. The van der Waals surface area contributed by atoms with Crippen molar-refractivity contribution in [1.82, 2.24) is 13.9 Å². The van der Waals surface area contributed by atoms with E-state index in [1.807, 2.05) is 31.2 Å². The van der Waals surface area contributed by atoms with Crippen LogP contribution in [0.15, 0.2) is 82.6 Å². The van der Waals surface area contributed by atoms with Gasteiger partial charge in [0.1, 0.15) is 0 Å². The van der Waals surface area contributed by atoms with Crippen molar-refractivity contribution in [2.75, 3.05) is 19.6 Å². The van der Waals surface area contributed by atoms with E-state index in [0.29, 0.717) is 23.7 Å². The summed E-state index contributed by atoms with van der Waals surface area (Å²) in [4.78, 5) is 13.2. The molecule has 11 heteroatoms. The lowest BCUT2D eigenvalue weighted by Gasteiger charge is -2.25. The molecular weight excluding hydrogens is 558 g/mol. The summed E-state index contributed by atoms with van der Waals surface area (Å²) >= 11 is 5.94. The number of carbonyl (C=O) groups excluding carboxylic acids is 1. The van der Waals surface area contributed by atoms with E-state index < -0.39 is 26.0 Å². The van der Waals surface area contributed by atoms with Gasteiger partial charge in [-0.2, -0.15) is 8.61 Å². The fourth-order valence-corrected chi connectivity index (χ4v) is 7.43. The number of hydrogen-bond acceptors (Lipinski definition) is 5. The molecule has 3 aromatic carbocycles. The molecule has 1 fully saturated rings. The lowest BCUT2D eigenvalue weighted by Crippen LogP contribution is -2.40. The molecule has 8 nitrogen and oxygen atoms in total. The third-order valence-corrected chi connectivity index (χ3v) is 10.7. The third-order valence-electron chi connectivity index (χ3n) is 6.75. The molecule has 1 amide bonds. The van der Waals surface area contributed by atoms with Gasteiger partial charge in [0.2, 0.25) is 26.0 Å². The van der Waals surface area contributed by atoms with E-state index in [9.17, 15) is 21.6 Å². The Kier molecular flexibility index (Phi) is 9.45. The summed E-state index contributed by atoms with van der Waals surface area (Å²) < 4.78 is 55.4. The summed E-state index contributed by atoms with van der Waals surface area (Å²) in [5.41, 5.74) is 2.40. The topological polar surface area (TPSA) is 104 Å². The Bertz CT molecular complexity index is 1500. The van der Waals surface area contributed by atoms with Crippen LogP contribution in [0.3, 0.4) is 0 Å². The van der Waals surface area contributed by atoms with Gasteiger partial charge in [-0.05, 0) is 72.9 Å². The van der Waals surface area contributed by atoms with E-state index >= 15 is 0 Å². The second-order valence-corrected chi connectivity index (χ2v) is 13.9. The summed E-state index contributed by atoms with van der Waals surface area (Å²) in [6.07, 6.45) is 2.75. The third kappa shape index (κ3) is 7.26. The minimum absolute atomic E-state index is 0.0219. The van der Waals surface area contributed by atoms with E-state index in [2.05, 4.69) is 5.32 Å². The van der Waals surface area contributed by atoms with Gasteiger partial charge in [-0.3, -0.25) is 4.79 Å². The maximum atomic E-state index is 13.5. The molecular formula is C28H32ClN3O5S2. The zero-order chi connectivity index (χ0) is 28.0. The maximum Gasteiger partial charge on any atom is 0.243 e. The van der Waals surface area contributed by atoms with Gasteiger partial charge in [0, 0.05) is 31.2 Å². The number of nitrogens with one attached hydrogen (secondary N) is 1. The smallest absolute Gasteiger partial charge is 0.243 e. The first-order chi connectivity index (χ1) is 18.6. The summed E-state index contributed by atoms with van der Waals surface area (Å²) in [6.45, 7) is 2.70. The summed E-state index contributed by atoms with van der Waals surface area (Å²) in [5, 5.41) is 3.17. The Morgan fingerprint density at radius 2 is 1.49 bits per heavy atom.